The molecule has 0 spiro atoms. The summed E-state index contributed by atoms with van der Waals surface area (Å²) in [7, 11) is 3.75. The monoisotopic (exact) mass is 344 g/mol. The Labute approximate surface area is 147 Å². The van der Waals surface area contributed by atoms with Crippen LogP contribution >= 0.6 is 11.6 Å². The lowest BCUT2D eigenvalue weighted by molar-refractivity contribution is 0.0546. The highest BCUT2D eigenvalue weighted by molar-refractivity contribution is 6.33. The number of carbonyl (C=O) groups excluding carboxylic acids is 1. The van der Waals surface area contributed by atoms with Crippen molar-refractivity contribution in [2.75, 3.05) is 33.8 Å². The molecule has 1 amide bonds. The second-order valence-corrected chi connectivity index (χ2v) is 6.41. The van der Waals surface area contributed by atoms with Crippen LogP contribution in [0.2, 0.25) is 5.02 Å². The smallest absolute Gasteiger partial charge is 0.255 e. The molecule has 1 saturated heterocycles. The first-order valence-electron chi connectivity index (χ1n) is 7.98. The molecule has 126 valence electrons. The predicted molar refractivity (Wildman–Crippen MR) is 95.7 cm³/mol. The quantitative estimate of drug-likeness (QED) is 0.854. The first-order chi connectivity index (χ1) is 11.6. The lowest BCUT2D eigenvalue weighted by Crippen LogP contribution is -2.49. The standard InChI is InChI=1S/C19H21ClN2O2/c1-21-10-11-22(19(23)16-8-3-4-9-17(16)20)13-18(21)14-6-5-7-15(12-14)24-2/h3-9,12,18H,10-11,13H2,1-2H3. The lowest BCUT2D eigenvalue weighted by Gasteiger charge is -2.40. The van der Waals surface area contributed by atoms with E-state index in [0.717, 1.165) is 17.9 Å². The largest absolute Gasteiger partial charge is 0.497 e. The van der Waals surface area contributed by atoms with Gasteiger partial charge in [0.1, 0.15) is 5.75 Å². The average molecular weight is 345 g/mol. The van der Waals surface area contributed by atoms with E-state index in [1.807, 2.05) is 35.2 Å². The van der Waals surface area contributed by atoms with Crippen molar-refractivity contribution in [2.24, 2.45) is 0 Å². The lowest BCUT2D eigenvalue weighted by atomic mass is 10.0. The van der Waals surface area contributed by atoms with Crippen LogP contribution in [-0.4, -0.2) is 49.5 Å². The Kier molecular flexibility index (Phi) is 5.07. The Morgan fingerprint density at radius 2 is 1.96 bits per heavy atom. The van der Waals surface area contributed by atoms with E-state index in [9.17, 15) is 4.79 Å². The molecule has 24 heavy (non-hydrogen) atoms. The minimum atomic E-state index is -0.0124. The third-order valence-corrected chi connectivity index (χ3v) is 4.85. The first-order valence-corrected chi connectivity index (χ1v) is 8.36. The molecule has 0 N–H and O–H groups in total. The highest BCUT2D eigenvalue weighted by Gasteiger charge is 2.29. The number of hydrogen-bond donors (Lipinski definition) is 0. The molecule has 4 nitrogen and oxygen atoms in total. The zero-order chi connectivity index (χ0) is 17.1. The van der Waals surface area contributed by atoms with Crippen molar-refractivity contribution in [2.45, 2.75) is 6.04 Å². The SMILES string of the molecule is COc1cccc(C2CN(C(=O)c3ccccc3Cl)CCN2C)c1. The number of hydrogen-bond acceptors (Lipinski definition) is 3. The summed E-state index contributed by atoms with van der Waals surface area (Å²) >= 11 is 6.19. The van der Waals surface area contributed by atoms with Gasteiger partial charge in [0.05, 0.1) is 23.7 Å². The zero-order valence-corrected chi connectivity index (χ0v) is 14.7. The molecule has 0 radical (unpaired) electrons. The summed E-state index contributed by atoms with van der Waals surface area (Å²) in [5.41, 5.74) is 1.71. The second kappa shape index (κ2) is 7.24. The molecule has 1 aliphatic rings. The van der Waals surface area contributed by atoms with E-state index in [1.165, 1.54) is 0 Å². The van der Waals surface area contributed by atoms with E-state index in [0.29, 0.717) is 23.7 Å². The van der Waals surface area contributed by atoms with E-state index in [2.05, 4.69) is 18.0 Å². The molecule has 0 aliphatic carbocycles. The molecule has 5 heteroatoms. The molecule has 0 aromatic heterocycles. The number of ether oxygens (including phenoxy) is 1. The summed E-state index contributed by atoms with van der Waals surface area (Å²) in [5.74, 6) is 0.817. The van der Waals surface area contributed by atoms with Crippen molar-refractivity contribution in [3.63, 3.8) is 0 Å². The van der Waals surface area contributed by atoms with Crippen LogP contribution < -0.4 is 4.74 Å². The highest BCUT2D eigenvalue weighted by atomic mass is 35.5. The number of carbonyl (C=O) groups is 1. The van der Waals surface area contributed by atoms with Gasteiger partial charge in [-0.15, -0.1) is 0 Å². The van der Waals surface area contributed by atoms with Gasteiger partial charge in [-0.25, -0.2) is 0 Å². The van der Waals surface area contributed by atoms with E-state index >= 15 is 0 Å². The summed E-state index contributed by atoms with van der Waals surface area (Å²) in [6.07, 6.45) is 0. The van der Waals surface area contributed by atoms with Crippen molar-refractivity contribution in [1.29, 1.82) is 0 Å². The van der Waals surface area contributed by atoms with Crippen LogP contribution in [0, 0.1) is 0 Å². The van der Waals surface area contributed by atoms with Gasteiger partial charge in [-0.1, -0.05) is 35.9 Å². The summed E-state index contributed by atoms with van der Waals surface area (Å²) in [6, 6.07) is 15.4. The van der Waals surface area contributed by atoms with Gasteiger partial charge >= 0.3 is 0 Å². The molecule has 2 aromatic rings. The fourth-order valence-corrected chi connectivity index (χ4v) is 3.29. The van der Waals surface area contributed by atoms with Crippen LogP contribution in [0.15, 0.2) is 48.5 Å². The number of amides is 1. The minimum Gasteiger partial charge on any atom is -0.497 e. The van der Waals surface area contributed by atoms with Gasteiger partial charge in [0.2, 0.25) is 0 Å². The van der Waals surface area contributed by atoms with Crippen molar-refractivity contribution < 1.29 is 9.53 Å². The van der Waals surface area contributed by atoms with E-state index in [-0.39, 0.29) is 11.9 Å². The molecule has 1 fully saturated rings. The predicted octanol–water partition coefficient (Wildman–Crippen LogP) is 3.48. The van der Waals surface area contributed by atoms with Crippen molar-refractivity contribution >= 4 is 17.5 Å². The maximum absolute atomic E-state index is 12.8. The Hall–Kier alpha value is -2.04. The van der Waals surface area contributed by atoms with Gasteiger partial charge in [0.15, 0.2) is 0 Å². The van der Waals surface area contributed by atoms with Gasteiger partial charge in [-0.05, 0) is 36.9 Å². The van der Waals surface area contributed by atoms with Crippen LogP contribution in [0.4, 0.5) is 0 Å². The number of halogens is 1. The van der Waals surface area contributed by atoms with Crippen molar-refractivity contribution in [1.82, 2.24) is 9.80 Å². The number of piperazine rings is 1. The van der Waals surface area contributed by atoms with Crippen LogP contribution in [0.25, 0.3) is 0 Å². The fourth-order valence-electron chi connectivity index (χ4n) is 3.07. The second-order valence-electron chi connectivity index (χ2n) is 6.00. The molecule has 0 bridgehead atoms. The number of benzene rings is 2. The maximum Gasteiger partial charge on any atom is 0.255 e. The van der Waals surface area contributed by atoms with Gasteiger partial charge in [-0.3, -0.25) is 9.69 Å². The Balaban J connectivity index is 1.83. The highest BCUT2D eigenvalue weighted by Crippen LogP contribution is 2.28. The normalized spacial score (nSPS) is 18.5. The van der Waals surface area contributed by atoms with Gasteiger partial charge in [-0.2, -0.15) is 0 Å². The van der Waals surface area contributed by atoms with Gasteiger partial charge < -0.3 is 9.64 Å². The van der Waals surface area contributed by atoms with Crippen LogP contribution in [0.1, 0.15) is 22.0 Å². The Morgan fingerprint density at radius 3 is 2.71 bits per heavy atom. The summed E-state index contributed by atoms with van der Waals surface area (Å²) in [4.78, 5) is 17.0. The average Bonchev–Trinajstić information content (AvgIpc) is 2.62. The van der Waals surface area contributed by atoms with E-state index in [1.54, 1.807) is 19.2 Å². The number of nitrogens with zero attached hydrogens (tertiary/aromatic N) is 2. The van der Waals surface area contributed by atoms with Crippen LogP contribution in [0.5, 0.6) is 5.75 Å². The minimum absolute atomic E-state index is 0.0124. The van der Waals surface area contributed by atoms with E-state index < -0.39 is 0 Å². The topological polar surface area (TPSA) is 32.8 Å². The maximum atomic E-state index is 12.8. The summed E-state index contributed by atoms with van der Waals surface area (Å²) in [5, 5.41) is 0.499. The van der Waals surface area contributed by atoms with Crippen molar-refractivity contribution in [3.8, 4) is 5.75 Å². The molecule has 1 unspecified atom stereocenters. The molecular formula is C19H21ClN2O2. The molecule has 2 aromatic carbocycles. The molecule has 1 aliphatic heterocycles. The van der Waals surface area contributed by atoms with Gasteiger partial charge in [0, 0.05) is 19.6 Å². The Bertz CT molecular complexity index is 735. The van der Waals surface area contributed by atoms with Crippen molar-refractivity contribution in [3.05, 3.63) is 64.7 Å². The van der Waals surface area contributed by atoms with E-state index in [4.69, 9.17) is 16.3 Å². The molecule has 1 atom stereocenters. The third-order valence-electron chi connectivity index (χ3n) is 4.52. The third kappa shape index (κ3) is 3.40. The van der Waals surface area contributed by atoms with Crippen LogP contribution in [0.3, 0.4) is 0 Å². The summed E-state index contributed by atoms with van der Waals surface area (Å²) < 4.78 is 5.32. The van der Waals surface area contributed by atoms with Crippen LogP contribution in [-0.2, 0) is 0 Å². The number of rotatable bonds is 3. The zero-order valence-electron chi connectivity index (χ0n) is 13.9. The molecule has 0 saturated carbocycles. The fraction of sp³-hybridized carbons (Fsp3) is 0.316. The first kappa shape index (κ1) is 16.8. The molecular weight excluding hydrogens is 324 g/mol. The number of likely N-dealkylation sites (N-methyl/N-ethyl adjacent to an activating group) is 1. The van der Waals surface area contributed by atoms with Gasteiger partial charge in [0.25, 0.3) is 5.91 Å². The molecule has 3 rings (SSSR count). The molecule has 1 heterocycles. The summed E-state index contributed by atoms with van der Waals surface area (Å²) in [6.45, 7) is 2.15. The Morgan fingerprint density at radius 1 is 1.17 bits per heavy atom. The number of methoxy groups -OCH3 is 1.